The van der Waals surface area contributed by atoms with Crippen molar-refractivity contribution in [3.8, 4) is 5.75 Å². The van der Waals surface area contributed by atoms with E-state index in [0.29, 0.717) is 12.0 Å². The van der Waals surface area contributed by atoms with Gasteiger partial charge >= 0.3 is 0 Å². The smallest absolute Gasteiger partial charge is 0.156 e. The maximum Gasteiger partial charge on any atom is 0.156 e. The largest absolute Gasteiger partial charge is 0.497 e. The topological polar surface area (TPSA) is 26.3 Å². The molecule has 1 atom stereocenters. The SMILES string of the molecule is COc1ccc(C2CC(=O)C=C(c3ccc(C)c(F)c3)C2)cc1. The third-order valence-electron chi connectivity index (χ3n) is 4.38. The third kappa shape index (κ3) is 3.34. The molecule has 1 aliphatic rings. The monoisotopic (exact) mass is 310 g/mol. The molecule has 0 aliphatic heterocycles. The number of allylic oxidation sites excluding steroid dienone is 2. The van der Waals surface area contributed by atoms with E-state index in [1.807, 2.05) is 30.3 Å². The average molecular weight is 310 g/mol. The maximum atomic E-state index is 13.8. The molecule has 1 unspecified atom stereocenters. The zero-order chi connectivity index (χ0) is 16.4. The number of carbonyl (C=O) groups excluding carboxylic acids is 1. The molecular formula is C20H19FO2. The number of aryl methyl sites for hydroxylation is 1. The van der Waals surface area contributed by atoms with Gasteiger partial charge in [0.05, 0.1) is 7.11 Å². The number of hydrogen-bond donors (Lipinski definition) is 0. The average Bonchev–Trinajstić information content (AvgIpc) is 2.57. The molecule has 0 amide bonds. The fourth-order valence-electron chi connectivity index (χ4n) is 3.00. The molecule has 3 heteroatoms. The van der Waals surface area contributed by atoms with Crippen LogP contribution in [0, 0.1) is 12.7 Å². The second-order valence-electron chi connectivity index (χ2n) is 5.98. The summed E-state index contributed by atoms with van der Waals surface area (Å²) in [5, 5.41) is 0. The summed E-state index contributed by atoms with van der Waals surface area (Å²) in [6.45, 7) is 1.74. The molecule has 0 saturated heterocycles. The Kier molecular flexibility index (Phi) is 4.28. The molecule has 0 spiro atoms. The first-order chi connectivity index (χ1) is 11.1. The highest BCUT2D eigenvalue weighted by atomic mass is 19.1. The third-order valence-corrected chi connectivity index (χ3v) is 4.38. The molecule has 0 heterocycles. The van der Waals surface area contributed by atoms with Gasteiger partial charge in [-0.05, 0) is 65.8 Å². The van der Waals surface area contributed by atoms with Gasteiger partial charge in [-0.1, -0.05) is 24.3 Å². The number of rotatable bonds is 3. The first-order valence-electron chi connectivity index (χ1n) is 7.70. The number of methoxy groups -OCH3 is 1. The predicted molar refractivity (Wildman–Crippen MR) is 89.1 cm³/mol. The van der Waals surface area contributed by atoms with Gasteiger partial charge in [-0.15, -0.1) is 0 Å². The van der Waals surface area contributed by atoms with Crippen LogP contribution in [0.25, 0.3) is 5.57 Å². The Hall–Kier alpha value is -2.42. The van der Waals surface area contributed by atoms with E-state index in [4.69, 9.17) is 4.74 Å². The van der Waals surface area contributed by atoms with Gasteiger partial charge < -0.3 is 4.74 Å². The van der Waals surface area contributed by atoms with E-state index in [1.54, 1.807) is 26.2 Å². The van der Waals surface area contributed by atoms with Crippen molar-refractivity contribution in [2.24, 2.45) is 0 Å². The summed E-state index contributed by atoms with van der Waals surface area (Å²) >= 11 is 0. The summed E-state index contributed by atoms with van der Waals surface area (Å²) in [7, 11) is 1.63. The van der Waals surface area contributed by atoms with Crippen LogP contribution in [0.15, 0.2) is 48.5 Å². The number of halogens is 1. The van der Waals surface area contributed by atoms with Crippen LogP contribution in [-0.4, -0.2) is 12.9 Å². The summed E-state index contributed by atoms with van der Waals surface area (Å²) in [6, 6.07) is 13.0. The second-order valence-corrected chi connectivity index (χ2v) is 5.98. The van der Waals surface area contributed by atoms with Gasteiger partial charge in [-0.2, -0.15) is 0 Å². The summed E-state index contributed by atoms with van der Waals surface area (Å²) in [6.07, 6.45) is 2.88. The number of ether oxygens (including phenoxy) is 1. The Morgan fingerprint density at radius 3 is 2.48 bits per heavy atom. The molecular weight excluding hydrogens is 291 g/mol. The molecule has 2 aromatic rings. The van der Waals surface area contributed by atoms with Crippen molar-refractivity contribution in [1.82, 2.24) is 0 Å². The van der Waals surface area contributed by atoms with Gasteiger partial charge in [0.1, 0.15) is 11.6 Å². The van der Waals surface area contributed by atoms with Crippen molar-refractivity contribution in [1.29, 1.82) is 0 Å². The van der Waals surface area contributed by atoms with Crippen LogP contribution in [0.3, 0.4) is 0 Å². The lowest BCUT2D eigenvalue weighted by atomic mass is 9.81. The standard InChI is InChI=1S/C20H19FO2/c1-13-3-4-15(12-20(13)21)17-9-16(10-18(22)11-17)14-5-7-19(23-2)8-6-14/h3-8,11-12,16H,9-10H2,1-2H3. The molecule has 0 fully saturated rings. The summed E-state index contributed by atoms with van der Waals surface area (Å²) in [4.78, 5) is 12.1. The van der Waals surface area contributed by atoms with Crippen LogP contribution in [0.4, 0.5) is 4.39 Å². The Morgan fingerprint density at radius 1 is 1.09 bits per heavy atom. The van der Waals surface area contributed by atoms with Gasteiger partial charge in [0.25, 0.3) is 0 Å². The molecule has 0 N–H and O–H groups in total. The minimum atomic E-state index is -0.234. The second kappa shape index (κ2) is 6.37. The van der Waals surface area contributed by atoms with Gasteiger partial charge in [0.15, 0.2) is 5.78 Å². The van der Waals surface area contributed by atoms with Crippen molar-refractivity contribution in [3.63, 3.8) is 0 Å². The molecule has 0 bridgehead atoms. The minimum Gasteiger partial charge on any atom is -0.497 e. The number of hydrogen-bond acceptors (Lipinski definition) is 2. The lowest BCUT2D eigenvalue weighted by Gasteiger charge is -2.23. The van der Waals surface area contributed by atoms with Gasteiger partial charge in [0, 0.05) is 6.42 Å². The Bertz CT molecular complexity index is 760. The number of ketones is 1. The van der Waals surface area contributed by atoms with E-state index in [9.17, 15) is 9.18 Å². The van der Waals surface area contributed by atoms with Gasteiger partial charge in [-0.25, -0.2) is 4.39 Å². The van der Waals surface area contributed by atoms with Crippen molar-refractivity contribution < 1.29 is 13.9 Å². The maximum absolute atomic E-state index is 13.8. The molecule has 3 rings (SSSR count). The highest BCUT2D eigenvalue weighted by Crippen LogP contribution is 2.36. The summed E-state index contributed by atoms with van der Waals surface area (Å²) in [5.74, 6) is 0.778. The van der Waals surface area contributed by atoms with Crippen LogP contribution >= 0.6 is 0 Å². The number of benzene rings is 2. The molecule has 0 radical (unpaired) electrons. The van der Waals surface area contributed by atoms with Crippen LogP contribution in [-0.2, 0) is 4.79 Å². The van der Waals surface area contributed by atoms with Crippen LogP contribution in [0.1, 0.15) is 35.4 Å². The van der Waals surface area contributed by atoms with Crippen molar-refractivity contribution in [2.75, 3.05) is 7.11 Å². The lowest BCUT2D eigenvalue weighted by molar-refractivity contribution is -0.115. The minimum absolute atomic E-state index is 0.0908. The summed E-state index contributed by atoms with van der Waals surface area (Å²) < 4.78 is 19.0. The Balaban J connectivity index is 1.88. The first kappa shape index (κ1) is 15.5. The number of carbonyl (C=O) groups is 1. The van der Waals surface area contributed by atoms with Crippen molar-refractivity contribution in [2.45, 2.75) is 25.7 Å². The van der Waals surface area contributed by atoms with Crippen LogP contribution in [0.2, 0.25) is 0 Å². The van der Waals surface area contributed by atoms with Crippen molar-refractivity contribution >= 4 is 11.4 Å². The van der Waals surface area contributed by atoms with Crippen LogP contribution < -0.4 is 4.74 Å². The van der Waals surface area contributed by atoms with E-state index in [-0.39, 0.29) is 17.5 Å². The van der Waals surface area contributed by atoms with Crippen molar-refractivity contribution in [3.05, 3.63) is 71.0 Å². The molecule has 2 nitrogen and oxygen atoms in total. The first-order valence-corrected chi connectivity index (χ1v) is 7.70. The van der Waals surface area contributed by atoms with Crippen LogP contribution in [0.5, 0.6) is 5.75 Å². The highest BCUT2D eigenvalue weighted by Gasteiger charge is 2.23. The molecule has 118 valence electrons. The summed E-state index contributed by atoms with van der Waals surface area (Å²) in [5.41, 5.74) is 3.42. The molecule has 0 saturated carbocycles. The van der Waals surface area contributed by atoms with E-state index in [0.717, 1.165) is 28.9 Å². The highest BCUT2D eigenvalue weighted by molar-refractivity contribution is 5.99. The normalized spacial score (nSPS) is 17.8. The van der Waals surface area contributed by atoms with Gasteiger partial charge in [0.2, 0.25) is 0 Å². The molecule has 0 aromatic heterocycles. The molecule has 1 aliphatic carbocycles. The quantitative estimate of drug-likeness (QED) is 0.823. The lowest BCUT2D eigenvalue weighted by Crippen LogP contribution is -2.12. The molecule has 23 heavy (non-hydrogen) atoms. The van der Waals surface area contributed by atoms with E-state index < -0.39 is 0 Å². The van der Waals surface area contributed by atoms with E-state index in [2.05, 4.69) is 0 Å². The Morgan fingerprint density at radius 2 is 1.83 bits per heavy atom. The zero-order valence-corrected chi connectivity index (χ0v) is 13.3. The van der Waals surface area contributed by atoms with E-state index >= 15 is 0 Å². The fourth-order valence-corrected chi connectivity index (χ4v) is 3.00. The molecule has 2 aromatic carbocycles. The van der Waals surface area contributed by atoms with Gasteiger partial charge in [-0.3, -0.25) is 4.79 Å². The fraction of sp³-hybridized carbons (Fsp3) is 0.250. The Labute approximate surface area is 135 Å². The zero-order valence-electron chi connectivity index (χ0n) is 13.3. The predicted octanol–water partition coefficient (Wildman–Crippen LogP) is 4.67. The van der Waals surface area contributed by atoms with E-state index in [1.165, 1.54) is 6.07 Å².